The third kappa shape index (κ3) is 3.36. The van der Waals surface area contributed by atoms with Gasteiger partial charge in [0.2, 0.25) is 0 Å². The van der Waals surface area contributed by atoms with E-state index in [-0.39, 0.29) is 23.5 Å². The number of esters is 1. The zero-order valence-corrected chi connectivity index (χ0v) is 19.3. The number of rotatable bonds is 5. The Balaban J connectivity index is 1.34. The summed E-state index contributed by atoms with van der Waals surface area (Å²) in [5, 5.41) is 10.3. The molecule has 2 saturated heterocycles. The normalized spacial score (nSPS) is 27.7. The third-order valence-electron chi connectivity index (χ3n) is 6.33. The van der Waals surface area contributed by atoms with Crippen molar-refractivity contribution in [2.45, 2.75) is 36.6 Å². The molecule has 2 aromatic rings. The maximum Gasteiger partial charge on any atom is 0.332 e. The van der Waals surface area contributed by atoms with Gasteiger partial charge in [-0.25, -0.2) is 4.79 Å². The van der Waals surface area contributed by atoms with Crippen LogP contribution in [0.15, 0.2) is 48.5 Å². The highest BCUT2D eigenvalue weighted by Gasteiger charge is 2.65. The van der Waals surface area contributed by atoms with Gasteiger partial charge in [-0.05, 0) is 36.8 Å². The standard InChI is InChI=1S/C24H22N2O7S/c1-24(31)12-34-22-17(25-19(27)15-5-3-4-6-16(15)20(25)28)21(29)26(22)18(24)23(30)33-11-13-7-9-14(32-2)10-8-13/h3-10,17-18,22,31H,11-12H2,1-2H3/t17?,18?,22-,24+/m0/s1. The van der Waals surface area contributed by atoms with Gasteiger partial charge < -0.3 is 19.5 Å². The number of carbonyl (C=O) groups is 4. The van der Waals surface area contributed by atoms with Crippen LogP contribution >= 0.6 is 11.8 Å². The SMILES string of the molecule is COc1ccc(COC(=O)C2N3C(=O)C(N4C(=O)c5ccccc5C4=O)[C@@H]3SC[C@@]2(C)O)cc1. The van der Waals surface area contributed by atoms with E-state index in [9.17, 15) is 24.3 Å². The van der Waals surface area contributed by atoms with Crippen molar-refractivity contribution in [2.24, 2.45) is 0 Å². The van der Waals surface area contributed by atoms with E-state index in [1.54, 1.807) is 55.6 Å². The molecule has 10 heteroatoms. The van der Waals surface area contributed by atoms with Gasteiger partial charge in [-0.2, -0.15) is 0 Å². The van der Waals surface area contributed by atoms with Crippen molar-refractivity contribution in [1.29, 1.82) is 0 Å². The molecule has 3 amide bonds. The van der Waals surface area contributed by atoms with Crippen LogP contribution < -0.4 is 4.74 Å². The van der Waals surface area contributed by atoms with Crippen LogP contribution in [0.4, 0.5) is 0 Å². The van der Waals surface area contributed by atoms with E-state index in [1.807, 2.05) is 0 Å². The van der Waals surface area contributed by atoms with Gasteiger partial charge >= 0.3 is 5.97 Å². The van der Waals surface area contributed by atoms with Crippen LogP contribution in [0.5, 0.6) is 5.75 Å². The average molecular weight is 483 g/mol. The molecule has 9 nitrogen and oxygen atoms in total. The first-order chi connectivity index (χ1) is 16.2. The summed E-state index contributed by atoms with van der Waals surface area (Å²) in [5.41, 5.74) is -0.320. The van der Waals surface area contributed by atoms with Gasteiger partial charge in [0.15, 0.2) is 6.04 Å². The lowest BCUT2D eigenvalue weighted by molar-refractivity contribution is -0.180. The second kappa shape index (κ2) is 8.14. The number of thioether (sulfide) groups is 1. The van der Waals surface area contributed by atoms with Gasteiger partial charge in [-0.15, -0.1) is 11.8 Å². The molecule has 34 heavy (non-hydrogen) atoms. The number of benzene rings is 2. The molecule has 3 aliphatic rings. The zero-order valence-electron chi connectivity index (χ0n) is 18.5. The second-order valence-corrected chi connectivity index (χ2v) is 9.74. The van der Waals surface area contributed by atoms with E-state index in [2.05, 4.69) is 0 Å². The highest BCUT2D eigenvalue weighted by molar-refractivity contribution is 8.00. The minimum absolute atomic E-state index is 0.0446. The second-order valence-electron chi connectivity index (χ2n) is 8.63. The Morgan fingerprint density at radius 1 is 1.09 bits per heavy atom. The van der Waals surface area contributed by atoms with Crippen molar-refractivity contribution >= 4 is 35.5 Å². The fraction of sp³-hybridized carbons (Fsp3) is 0.333. The topological polar surface area (TPSA) is 113 Å². The minimum atomic E-state index is -1.54. The van der Waals surface area contributed by atoms with Crippen molar-refractivity contribution < 1.29 is 33.8 Å². The van der Waals surface area contributed by atoms with Gasteiger partial charge in [0.1, 0.15) is 29.4 Å². The number of hydrogen-bond acceptors (Lipinski definition) is 8. The molecule has 0 saturated carbocycles. The van der Waals surface area contributed by atoms with E-state index < -0.39 is 46.7 Å². The summed E-state index contributed by atoms with van der Waals surface area (Å²) in [5.74, 6) is -1.59. The Morgan fingerprint density at radius 2 is 1.71 bits per heavy atom. The van der Waals surface area contributed by atoms with E-state index in [1.165, 1.54) is 23.6 Å². The van der Waals surface area contributed by atoms with E-state index >= 15 is 0 Å². The largest absolute Gasteiger partial charge is 0.497 e. The zero-order chi connectivity index (χ0) is 24.2. The van der Waals surface area contributed by atoms with Crippen molar-refractivity contribution in [2.75, 3.05) is 12.9 Å². The number of nitrogens with zero attached hydrogens (tertiary/aromatic N) is 2. The first-order valence-electron chi connectivity index (χ1n) is 10.7. The molecular formula is C24H22N2O7S. The van der Waals surface area contributed by atoms with Gasteiger partial charge in [-0.3, -0.25) is 19.3 Å². The first kappa shape index (κ1) is 22.4. The fourth-order valence-electron chi connectivity index (χ4n) is 4.57. The summed E-state index contributed by atoms with van der Waals surface area (Å²) in [6.07, 6.45) is 0. The number of aliphatic hydroxyl groups is 1. The predicted molar refractivity (Wildman–Crippen MR) is 121 cm³/mol. The quantitative estimate of drug-likeness (QED) is 0.387. The van der Waals surface area contributed by atoms with Crippen molar-refractivity contribution in [1.82, 2.24) is 9.80 Å². The average Bonchev–Trinajstić information content (AvgIpc) is 3.08. The lowest BCUT2D eigenvalue weighted by Gasteiger charge is -2.57. The number of amides is 3. The van der Waals surface area contributed by atoms with Crippen LogP contribution in [0.1, 0.15) is 33.2 Å². The molecule has 2 unspecified atom stereocenters. The third-order valence-corrected chi connectivity index (χ3v) is 7.91. The molecule has 4 atom stereocenters. The summed E-state index contributed by atoms with van der Waals surface area (Å²) in [7, 11) is 1.55. The summed E-state index contributed by atoms with van der Waals surface area (Å²) in [4.78, 5) is 54.2. The van der Waals surface area contributed by atoms with Crippen molar-refractivity contribution in [3.05, 3.63) is 65.2 Å². The maximum atomic E-state index is 13.2. The Kier molecular flexibility index (Phi) is 5.37. The predicted octanol–water partition coefficient (Wildman–Crippen LogP) is 1.44. The Labute approximate surface area is 199 Å². The van der Waals surface area contributed by atoms with Gasteiger partial charge in [-0.1, -0.05) is 24.3 Å². The molecule has 0 aliphatic carbocycles. The molecule has 0 bridgehead atoms. The summed E-state index contributed by atoms with van der Waals surface area (Å²) < 4.78 is 10.6. The van der Waals surface area contributed by atoms with Gasteiger partial charge in [0.25, 0.3) is 17.7 Å². The number of hydrogen-bond donors (Lipinski definition) is 1. The molecule has 2 aromatic carbocycles. The van der Waals surface area contributed by atoms with E-state index in [4.69, 9.17) is 9.47 Å². The molecule has 3 heterocycles. The van der Waals surface area contributed by atoms with Crippen LogP contribution in [0, 0.1) is 0 Å². The van der Waals surface area contributed by atoms with Crippen LogP contribution in [0.25, 0.3) is 0 Å². The number of fused-ring (bicyclic) bond motifs is 2. The summed E-state index contributed by atoms with van der Waals surface area (Å²) >= 11 is 1.23. The molecule has 0 spiro atoms. The number of imide groups is 1. The lowest BCUT2D eigenvalue weighted by Crippen LogP contribution is -2.79. The van der Waals surface area contributed by atoms with Gasteiger partial charge in [0, 0.05) is 5.75 Å². The van der Waals surface area contributed by atoms with Crippen LogP contribution in [-0.4, -0.2) is 74.5 Å². The van der Waals surface area contributed by atoms with Crippen molar-refractivity contribution in [3.63, 3.8) is 0 Å². The van der Waals surface area contributed by atoms with E-state index in [0.29, 0.717) is 5.75 Å². The molecule has 3 aliphatic heterocycles. The van der Waals surface area contributed by atoms with Crippen LogP contribution in [-0.2, 0) is 20.9 Å². The Hall–Kier alpha value is -3.37. The molecule has 5 rings (SSSR count). The smallest absolute Gasteiger partial charge is 0.332 e. The van der Waals surface area contributed by atoms with Crippen LogP contribution in [0.2, 0.25) is 0 Å². The van der Waals surface area contributed by atoms with Crippen LogP contribution in [0.3, 0.4) is 0 Å². The monoisotopic (exact) mass is 482 g/mol. The number of ether oxygens (including phenoxy) is 2. The molecule has 1 N–H and O–H groups in total. The molecule has 2 fully saturated rings. The molecule has 0 aromatic heterocycles. The van der Waals surface area contributed by atoms with E-state index in [0.717, 1.165) is 10.5 Å². The van der Waals surface area contributed by atoms with Crippen molar-refractivity contribution in [3.8, 4) is 5.75 Å². The molecule has 0 radical (unpaired) electrons. The highest BCUT2D eigenvalue weighted by atomic mass is 32.2. The Morgan fingerprint density at radius 3 is 2.29 bits per heavy atom. The maximum absolute atomic E-state index is 13.2. The lowest BCUT2D eigenvalue weighted by atomic mass is 9.90. The summed E-state index contributed by atoms with van der Waals surface area (Å²) in [6, 6.07) is 11.1. The fourth-order valence-corrected chi connectivity index (χ4v) is 6.04. The first-order valence-corrected chi connectivity index (χ1v) is 11.7. The number of methoxy groups -OCH3 is 1. The highest BCUT2D eigenvalue weighted by Crippen LogP contribution is 2.46. The molecule has 176 valence electrons. The number of carbonyl (C=O) groups excluding carboxylic acids is 4. The minimum Gasteiger partial charge on any atom is -0.497 e. The molecular weight excluding hydrogens is 460 g/mol. The summed E-state index contributed by atoms with van der Waals surface area (Å²) in [6.45, 7) is 1.43. The number of β-lactam (4-membered cyclic amide) rings is 1. The van der Waals surface area contributed by atoms with Gasteiger partial charge in [0.05, 0.1) is 18.2 Å². The Bertz CT molecular complexity index is 1160.